The average Bonchev–Trinajstić information content (AvgIpc) is 2.93. The fourth-order valence-electron chi connectivity index (χ4n) is 2.23. The minimum atomic E-state index is 0.867. The third-order valence-electron chi connectivity index (χ3n) is 3.15. The highest BCUT2D eigenvalue weighted by molar-refractivity contribution is 5.55. The van der Waals surface area contributed by atoms with Gasteiger partial charge < -0.3 is 10.1 Å². The maximum Gasteiger partial charge on any atom is 0.128 e. The lowest BCUT2D eigenvalue weighted by atomic mass is 10.1. The van der Waals surface area contributed by atoms with Gasteiger partial charge in [0.1, 0.15) is 11.5 Å². The molecule has 2 aromatic rings. The molecular weight excluding hydrogens is 234 g/mol. The van der Waals surface area contributed by atoms with Crippen molar-refractivity contribution < 1.29 is 4.74 Å². The van der Waals surface area contributed by atoms with Crippen molar-refractivity contribution >= 4 is 6.08 Å². The second-order valence-corrected chi connectivity index (χ2v) is 4.69. The van der Waals surface area contributed by atoms with Crippen molar-refractivity contribution in [2.75, 3.05) is 6.54 Å². The van der Waals surface area contributed by atoms with Gasteiger partial charge in [0, 0.05) is 12.2 Å². The highest BCUT2D eigenvalue weighted by Gasteiger charge is 2.05. The van der Waals surface area contributed by atoms with Crippen LogP contribution in [0, 0.1) is 0 Å². The van der Waals surface area contributed by atoms with Crippen LogP contribution in [0.3, 0.4) is 0 Å². The van der Waals surface area contributed by atoms with Crippen molar-refractivity contribution in [3.05, 3.63) is 65.9 Å². The fourth-order valence-corrected chi connectivity index (χ4v) is 2.23. The van der Waals surface area contributed by atoms with Crippen molar-refractivity contribution in [3.63, 3.8) is 0 Å². The summed E-state index contributed by atoms with van der Waals surface area (Å²) in [6.45, 7) is 1.09. The lowest BCUT2D eigenvalue weighted by Gasteiger charge is -2.06. The fraction of sp³-hybridized carbons (Fsp3) is 0.176. The van der Waals surface area contributed by atoms with Crippen LogP contribution in [0.25, 0.3) is 6.08 Å². The summed E-state index contributed by atoms with van der Waals surface area (Å²) in [4.78, 5) is 0. The SMILES string of the molecule is C(=C1CCCN1)c1cccc(Oc2ccccc2)c1. The Hall–Kier alpha value is -2.22. The van der Waals surface area contributed by atoms with E-state index in [-0.39, 0.29) is 0 Å². The summed E-state index contributed by atoms with van der Waals surface area (Å²) in [5.74, 6) is 1.74. The molecule has 19 heavy (non-hydrogen) atoms. The zero-order valence-electron chi connectivity index (χ0n) is 10.8. The first-order valence-electron chi connectivity index (χ1n) is 6.67. The Morgan fingerprint density at radius 2 is 1.79 bits per heavy atom. The van der Waals surface area contributed by atoms with Crippen LogP contribution >= 0.6 is 0 Å². The van der Waals surface area contributed by atoms with Crippen molar-refractivity contribution in [1.29, 1.82) is 0 Å². The maximum atomic E-state index is 5.83. The third kappa shape index (κ3) is 3.16. The second kappa shape index (κ2) is 5.61. The Morgan fingerprint density at radius 1 is 0.947 bits per heavy atom. The van der Waals surface area contributed by atoms with E-state index in [0.29, 0.717) is 0 Å². The minimum Gasteiger partial charge on any atom is -0.457 e. The monoisotopic (exact) mass is 251 g/mol. The molecule has 1 aliphatic rings. The van der Waals surface area contributed by atoms with Gasteiger partial charge in [-0.2, -0.15) is 0 Å². The standard InChI is InChI=1S/C17H17NO/c1-2-8-16(9-3-1)19-17-10-4-6-14(13-17)12-15-7-5-11-18-15/h1-4,6,8-10,12-13,18H,5,7,11H2. The van der Waals surface area contributed by atoms with Crippen LogP contribution in [0.15, 0.2) is 60.3 Å². The van der Waals surface area contributed by atoms with Gasteiger partial charge in [-0.15, -0.1) is 0 Å². The van der Waals surface area contributed by atoms with Crippen molar-refractivity contribution in [2.45, 2.75) is 12.8 Å². The molecule has 96 valence electrons. The van der Waals surface area contributed by atoms with E-state index in [1.807, 2.05) is 42.5 Å². The topological polar surface area (TPSA) is 21.3 Å². The first kappa shape index (κ1) is 11.8. The second-order valence-electron chi connectivity index (χ2n) is 4.69. The summed E-state index contributed by atoms with van der Waals surface area (Å²) >= 11 is 0. The van der Waals surface area contributed by atoms with Gasteiger partial charge in [-0.25, -0.2) is 0 Å². The van der Waals surface area contributed by atoms with Crippen molar-refractivity contribution in [2.24, 2.45) is 0 Å². The Morgan fingerprint density at radius 3 is 2.58 bits per heavy atom. The van der Waals surface area contributed by atoms with Gasteiger partial charge in [0.05, 0.1) is 0 Å². The summed E-state index contributed by atoms with van der Waals surface area (Å²) < 4.78 is 5.83. The number of rotatable bonds is 3. The molecule has 3 rings (SSSR count). The van der Waals surface area contributed by atoms with Crippen LogP contribution < -0.4 is 10.1 Å². The van der Waals surface area contributed by atoms with Crippen LogP contribution in [-0.4, -0.2) is 6.54 Å². The predicted molar refractivity (Wildman–Crippen MR) is 78.2 cm³/mol. The Kier molecular flexibility index (Phi) is 3.50. The largest absolute Gasteiger partial charge is 0.457 e. The molecule has 1 N–H and O–H groups in total. The molecule has 2 nitrogen and oxygen atoms in total. The van der Waals surface area contributed by atoms with Crippen LogP contribution in [0.4, 0.5) is 0 Å². The smallest absolute Gasteiger partial charge is 0.128 e. The molecule has 0 saturated carbocycles. The van der Waals surface area contributed by atoms with Gasteiger partial charge in [0.2, 0.25) is 0 Å². The lowest BCUT2D eigenvalue weighted by molar-refractivity contribution is 0.482. The van der Waals surface area contributed by atoms with Gasteiger partial charge in [-0.05, 0) is 48.7 Å². The predicted octanol–water partition coefficient (Wildman–Crippen LogP) is 4.20. The van der Waals surface area contributed by atoms with E-state index >= 15 is 0 Å². The van der Waals surface area contributed by atoms with Crippen LogP contribution in [0.1, 0.15) is 18.4 Å². The summed E-state index contributed by atoms with van der Waals surface area (Å²) in [7, 11) is 0. The molecular formula is C17H17NO. The number of nitrogens with one attached hydrogen (secondary N) is 1. The van der Waals surface area contributed by atoms with Gasteiger partial charge in [0.25, 0.3) is 0 Å². The van der Waals surface area contributed by atoms with Gasteiger partial charge >= 0.3 is 0 Å². The normalized spacial score (nSPS) is 16.3. The van der Waals surface area contributed by atoms with Crippen LogP contribution in [0.5, 0.6) is 11.5 Å². The maximum absolute atomic E-state index is 5.83. The molecule has 0 amide bonds. The van der Waals surface area contributed by atoms with Gasteiger partial charge in [-0.3, -0.25) is 0 Å². The van der Waals surface area contributed by atoms with E-state index in [1.165, 1.54) is 17.7 Å². The Balaban J connectivity index is 1.78. The molecule has 1 aliphatic heterocycles. The minimum absolute atomic E-state index is 0.867. The Labute approximate surface area is 113 Å². The van der Waals surface area contributed by atoms with E-state index in [4.69, 9.17) is 4.74 Å². The van der Waals surface area contributed by atoms with E-state index in [9.17, 15) is 0 Å². The van der Waals surface area contributed by atoms with E-state index in [0.717, 1.165) is 24.5 Å². The zero-order valence-corrected chi connectivity index (χ0v) is 10.8. The quantitative estimate of drug-likeness (QED) is 0.882. The molecule has 0 aliphatic carbocycles. The van der Waals surface area contributed by atoms with Gasteiger partial charge in [-0.1, -0.05) is 30.3 Å². The molecule has 2 aromatic carbocycles. The number of hydrogen-bond acceptors (Lipinski definition) is 2. The molecule has 1 fully saturated rings. The molecule has 0 aromatic heterocycles. The average molecular weight is 251 g/mol. The summed E-state index contributed by atoms with van der Waals surface area (Å²) in [5.41, 5.74) is 2.50. The number of ether oxygens (including phenoxy) is 1. The molecule has 0 bridgehead atoms. The highest BCUT2D eigenvalue weighted by atomic mass is 16.5. The first-order valence-corrected chi connectivity index (χ1v) is 6.67. The Bertz CT molecular complexity index is 567. The number of allylic oxidation sites excluding steroid dienone is 1. The molecule has 2 heteroatoms. The molecule has 0 spiro atoms. The summed E-state index contributed by atoms with van der Waals surface area (Å²) in [5, 5.41) is 3.39. The van der Waals surface area contributed by atoms with Crippen LogP contribution in [0.2, 0.25) is 0 Å². The molecule has 0 radical (unpaired) electrons. The first-order chi connectivity index (χ1) is 9.40. The molecule has 0 atom stereocenters. The third-order valence-corrected chi connectivity index (χ3v) is 3.15. The highest BCUT2D eigenvalue weighted by Crippen LogP contribution is 2.23. The van der Waals surface area contributed by atoms with Crippen molar-refractivity contribution in [3.8, 4) is 11.5 Å². The van der Waals surface area contributed by atoms with E-state index in [2.05, 4.69) is 23.5 Å². The van der Waals surface area contributed by atoms with E-state index in [1.54, 1.807) is 0 Å². The number of hydrogen-bond donors (Lipinski definition) is 1. The zero-order chi connectivity index (χ0) is 12.9. The molecule has 1 saturated heterocycles. The number of benzene rings is 2. The molecule has 1 heterocycles. The molecule has 0 unspecified atom stereocenters. The van der Waals surface area contributed by atoms with E-state index < -0.39 is 0 Å². The number of para-hydroxylation sites is 1. The summed E-state index contributed by atoms with van der Waals surface area (Å²) in [6, 6.07) is 18.0. The lowest BCUT2D eigenvalue weighted by Crippen LogP contribution is -2.02. The van der Waals surface area contributed by atoms with Crippen LogP contribution in [-0.2, 0) is 0 Å². The van der Waals surface area contributed by atoms with Gasteiger partial charge in [0.15, 0.2) is 0 Å². The van der Waals surface area contributed by atoms with Crippen molar-refractivity contribution in [1.82, 2.24) is 5.32 Å². The summed E-state index contributed by atoms with van der Waals surface area (Å²) in [6.07, 6.45) is 4.57.